The van der Waals surface area contributed by atoms with Gasteiger partial charge in [-0.1, -0.05) is 25.1 Å². The molecule has 0 radical (unpaired) electrons. The van der Waals surface area contributed by atoms with Gasteiger partial charge in [0.2, 0.25) is 0 Å². The highest BCUT2D eigenvalue weighted by molar-refractivity contribution is 5.55. The molecule has 106 valence electrons. The third-order valence-electron chi connectivity index (χ3n) is 4.17. The first-order valence-electron chi connectivity index (χ1n) is 7.17. The van der Waals surface area contributed by atoms with E-state index in [-0.39, 0.29) is 11.7 Å². The van der Waals surface area contributed by atoms with Crippen LogP contribution in [0.3, 0.4) is 0 Å². The summed E-state index contributed by atoms with van der Waals surface area (Å²) in [6.45, 7) is 6.10. The molecule has 1 N–H and O–H groups in total. The Balaban J connectivity index is 2.26. The van der Waals surface area contributed by atoms with Crippen LogP contribution in [0, 0.1) is 0 Å². The van der Waals surface area contributed by atoms with Crippen LogP contribution < -0.4 is 4.90 Å². The van der Waals surface area contributed by atoms with Crippen LogP contribution in [0.15, 0.2) is 24.3 Å². The molecule has 0 spiro atoms. The fourth-order valence-electron chi connectivity index (χ4n) is 2.86. The van der Waals surface area contributed by atoms with Crippen LogP contribution in [0.5, 0.6) is 0 Å². The van der Waals surface area contributed by atoms with Gasteiger partial charge in [-0.2, -0.15) is 0 Å². The Bertz CT molecular complexity index is 421. The Morgan fingerprint density at radius 1 is 1.42 bits per heavy atom. The number of para-hydroxylation sites is 1. The lowest BCUT2D eigenvalue weighted by Crippen LogP contribution is -2.47. The molecule has 2 unspecified atom stereocenters. The predicted octanol–water partition coefficient (Wildman–Crippen LogP) is 3.14. The second kappa shape index (κ2) is 5.93. The molecule has 1 fully saturated rings. The number of hydrogen-bond donors (Lipinski definition) is 1. The first kappa shape index (κ1) is 14.4. The van der Waals surface area contributed by atoms with Crippen molar-refractivity contribution in [3.05, 3.63) is 29.8 Å². The average molecular weight is 263 g/mol. The molecule has 3 heteroatoms. The monoisotopic (exact) mass is 263 g/mol. The van der Waals surface area contributed by atoms with E-state index in [0.717, 1.165) is 43.6 Å². The standard InChI is InChI=1S/C16H25NO2/c1-4-15(18)13-8-5-6-9-14(13)17-11-7-10-16(2,12-17)19-3/h5-6,8-9,15,18H,4,7,10-12H2,1-3H3. The molecule has 2 atom stereocenters. The number of nitrogens with zero attached hydrogens (tertiary/aromatic N) is 1. The first-order valence-corrected chi connectivity index (χ1v) is 7.17. The number of anilines is 1. The highest BCUT2D eigenvalue weighted by atomic mass is 16.5. The molecule has 0 amide bonds. The van der Waals surface area contributed by atoms with E-state index in [0.29, 0.717) is 0 Å². The van der Waals surface area contributed by atoms with Crippen molar-refractivity contribution in [2.24, 2.45) is 0 Å². The third kappa shape index (κ3) is 3.10. The number of aliphatic hydroxyl groups is 1. The molecule has 1 aliphatic heterocycles. The van der Waals surface area contributed by atoms with E-state index in [1.807, 2.05) is 25.1 Å². The van der Waals surface area contributed by atoms with Gasteiger partial charge in [0.25, 0.3) is 0 Å². The van der Waals surface area contributed by atoms with Crippen LogP contribution in [0.2, 0.25) is 0 Å². The van der Waals surface area contributed by atoms with Crippen LogP contribution in [-0.2, 0) is 4.74 Å². The minimum Gasteiger partial charge on any atom is -0.388 e. The van der Waals surface area contributed by atoms with Gasteiger partial charge in [0.1, 0.15) is 0 Å². The van der Waals surface area contributed by atoms with Crippen LogP contribution in [0.25, 0.3) is 0 Å². The summed E-state index contributed by atoms with van der Waals surface area (Å²) < 4.78 is 5.65. The van der Waals surface area contributed by atoms with E-state index in [1.165, 1.54) is 0 Å². The molecule has 0 bridgehead atoms. The van der Waals surface area contributed by atoms with E-state index in [2.05, 4.69) is 17.9 Å². The number of methoxy groups -OCH3 is 1. The molecule has 3 nitrogen and oxygen atoms in total. The van der Waals surface area contributed by atoms with Gasteiger partial charge in [-0.25, -0.2) is 0 Å². The Hall–Kier alpha value is -1.06. The number of benzene rings is 1. The van der Waals surface area contributed by atoms with Gasteiger partial charge in [0.15, 0.2) is 0 Å². The van der Waals surface area contributed by atoms with Crippen molar-refractivity contribution in [2.75, 3.05) is 25.1 Å². The predicted molar refractivity (Wildman–Crippen MR) is 78.6 cm³/mol. The van der Waals surface area contributed by atoms with Gasteiger partial charge in [-0.05, 0) is 32.3 Å². The number of rotatable bonds is 4. The van der Waals surface area contributed by atoms with Crippen molar-refractivity contribution >= 4 is 5.69 Å². The molecule has 0 saturated carbocycles. The summed E-state index contributed by atoms with van der Waals surface area (Å²) in [6.07, 6.45) is 2.58. The topological polar surface area (TPSA) is 32.7 Å². The van der Waals surface area contributed by atoms with E-state index >= 15 is 0 Å². The molecule has 1 aromatic carbocycles. The van der Waals surface area contributed by atoms with Crippen LogP contribution in [0.1, 0.15) is 44.8 Å². The zero-order valence-corrected chi connectivity index (χ0v) is 12.2. The largest absolute Gasteiger partial charge is 0.388 e. The molecule has 2 rings (SSSR count). The molecule has 1 aromatic rings. The summed E-state index contributed by atoms with van der Waals surface area (Å²) in [5.74, 6) is 0. The third-order valence-corrected chi connectivity index (χ3v) is 4.17. The van der Waals surface area contributed by atoms with Gasteiger partial charge < -0.3 is 14.7 Å². The maximum atomic E-state index is 10.2. The summed E-state index contributed by atoms with van der Waals surface area (Å²) in [5.41, 5.74) is 2.10. The lowest BCUT2D eigenvalue weighted by atomic mass is 9.93. The van der Waals surface area contributed by atoms with Crippen molar-refractivity contribution in [3.63, 3.8) is 0 Å². The Labute approximate surface area is 116 Å². The molecule has 0 aromatic heterocycles. The quantitative estimate of drug-likeness (QED) is 0.906. The van der Waals surface area contributed by atoms with Gasteiger partial charge in [-0.3, -0.25) is 0 Å². The molecule has 1 heterocycles. The van der Waals surface area contributed by atoms with Gasteiger partial charge in [-0.15, -0.1) is 0 Å². The zero-order valence-electron chi connectivity index (χ0n) is 12.2. The number of hydrogen-bond acceptors (Lipinski definition) is 3. The normalized spacial score (nSPS) is 25.4. The zero-order chi connectivity index (χ0) is 13.9. The molecule has 1 saturated heterocycles. The Morgan fingerprint density at radius 2 is 2.16 bits per heavy atom. The summed E-state index contributed by atoms with van der Waals surface area (Å²) in [6, 6.07) is 8.18. The molecule has 1 aliphatic rings. The van der Waals surface area contributed by atoms with Crippen LogP contribution >= 0.6 is 0 Å². The van der Waals surface area contributed by atoms with Crippen molar-refractivity contribution in [1.82, 2.24) is 0 Å². The van der Waals surface area contributed by atoms with Crippen molar-refractivity contribution in [1.29, 1.82) is 0 Å². The SMILES string of the molecule is CCC(O)c1ccccc1N1CCCC(C)(OC)C1. The number of aliphatic hydroxyl groups excluding tert-OH is 1. The maximum absolute atomic E-state index is 10.2. The molecular formula is C16H25NO2. The smallest absolute Gasteiger partial charge is 0.0825 e. The Morgan fingerprint density at radius 3 is 2.84 bits per heavy atom. The maximum Gasteiger partial charge on any atom is 0.0825 e. The summed E-state index contributed by atoms with van der Waals surface area (Å²) >= 11 is 0. The van der Waals surface area contributed by atoms with Gasteiger partial charge in [0, 0.05) is 31.5 Å². The summed E-state index contributed by atoms with van der Waals surface area (Å²) in [4.78, 5) is 2.35. The highest BCUT2D eigenvalue weighted by Gasteiger charge is 2.31. The van der Waals surface area contributed by atoms with Crippen molar-refractivity contribution in [3.8, 4) is 0 Å². The van der Waals surface area contributed by atoms with Crippen molar-refractivity contribution < 1.29 is 9.84 Å². The second-order valence-electron chi connectivity index (χ2n) is 5.66. The average Bonchev–Trinajstić information content (AvgIpc) is 2.46. The minimum atomic E-state index is -0.382. The van der Waals surface area contributed by atoms with E-state index < -0.39 is 0 Å². The van der Waals surface area contributed by atoms with E-state index in [4.69, 9.17) is 4.74 Å². The fraction of sp³-hybridized carbons (Fsp3) is 0.625. The van der Waals surface area contributed by atoms with Crippen molar-refractivity contribution in [2.45, 2.75) is 44.8 Å². The first-order chi connectivity index (χ1) is 9.09. The second-order valence-corrected chi connectivity index (χ2v) is 5.66. The lowest BCUT2D eigenvalue weighted by Gasteiger charge is -2.41. The molecular weight excluding hydrogens is 238 g/mol. The highest BCUT2D eigenvalue weighted by Crippen LogP contribution is 2.33. The van der Waals surface area contributed by atoms with Crippen LogP contribution in [0.4, 0.5) is 5.69 Å². The number of piperidine rings is 1. The lowest BCUT2D eigenvalue weighted by molar-refractivity contribution is -0.00477. The van der Waals surface area contributed by atoms with Gasteiger partial charge >= 0.3 is 0 Å². The van der Waals surface area contributed by atoms with E-state index in [1.54, 1.807) is 7.11 Å². The number of ether oxygens (including phenoxy) is 1. The van der Waals surface area contributed by atoms with Gasteiger partial charge in [0.05, 0.1) is 11.7 Å². The minimum absolute atomic E-state index is 0.0808. The molecule has 19 heavy (non-hydrogen) atoms. The summed E-state index contributed by atoms with van der Waals surface area (Å²) in [5, 5.41) is 10.2. The summed E-state index contributed by atoms with van der Waals surface area (Å²) in [7, 11) is 1.79. The molecule has 0 aliphatic carbocycles. The fourth-order valence-corrected chi connectivity index (χ4v) is 2.86. The Kier molecular flexibility index (Phi) is 4.48. The van der Waals surface area contributed by atoms with Crippen LogP contribution in [-0.4, -0.2) is 30.9 Å². The van der Waals surface area contributed by atoms with E-state index in [9.17, 15) is 5.11 Å².